The summed E-state index contributed by atoms with van der Waals surface area (Å²) in [6.45, 7) is 2.70. The largest absolute Gasteiger partial charge is 0.496 e. The lowest BCUT2D eigenvalue weighted by molar-refractivity contribution is 0.102. The van der Waals surface area contributed by atoms with Crippen LogP contribution >= 0.6 is 0 Å². The van der Waals surface area contributed by atoms with Gasteiger partial charge in [-0.25, -0.2) is 0 Å². The van der Waals surface area contributed by atoms with Crippen molar-refractivity contribution < 1.29 is 9.53 Å². The van der Waals surface area contributed by atoms with Crippen molar-refractivity contribution in [2.75, 3.05) is 24.3 Å². The molecule has 0 saturated heterocycles. The fraction of sp³-hybridized carbons (Fsp3) is 0.182. The minimum atomic E-state index is -0.179. The zero-order chi connectivity index (χ0) is 19.1. The van der Waals surface area contributed by atoms with Crippen LogP contribution in [0.4, 0.5) is 11.4 Å². The molecule has 0 radical (unpaired) electrons. The maximum atomic E-state index is 12.5. The van der Waals surface area contributed by atoms with Gasteiger partial charge in [-0.2, -0.15) is 0 Å². The van der Waals surface area contributed by atoms with Crippen LogP contribution in [0, 0.1) is 6.92 Å². The van der Waals surface area contributed by atoms with Crippen molar-refractivity contribution in [1.29, 1.82) is 0 Å². The molecule has 5 nitrogen and oxygen atoms in total. The SMILES string of the molecule is COc1ccccc1CCNc1cncc(C(=O)Nc2cccc(C)c2)c1. The molecular formula is C22H23N3O2. The normalized spacial score (nSPS) is 10.3. The number of carbonyl (C=O) groups is 1. The number of anilines is 2. The second-order valence-electron chi connectivity index (χ2n) is 6.27. The van der Waals surface area contributed by atoms with Gasteiger partial charge < -0.3 is 15.4 Å². The second-order valence-corrected chi connectivity index (χ2v) is 6.27. The van der Waals surface area contributed by atoms with Crippen LogP contribution in [0.1, 0.15) is 21.5 Å². The highest BCUT2D eigenvalue weighted by atomic mass is 16.5. The molecule has 3 rings (SSSR count). The van der Waals surface area contributed by atoms with Gasteiger partial charge in [0.2, 0.25) is 0 Å². The molecule has 0 atom stereocenters. The molecule has 2 N–H and O–H groups in total. The third-order valence-electron chi connectivity index (χ3n) is 4.19. The predicted octanol–water partition coefficient (Wildman–Crippen LogP) is 4.31. The lowest BCUT2D eigenvalue weighted by Crippen LogP contribution is -2.13. The average Bonchev–Trinajstić information content (AvgIpc) is 2.68. The van der Waals surface area contributed by atoms with E-state index in [0.29, 0.717) is 12.1 Å². The molecule has 2 aromatic carbocycles. The number of aromatic nitrogens is 1. The second kappa shape index (κ2) is 8.85. The van der Waals surface area contributed by atoms with Crippen LogP contribution in [-0.2, 0) is 6.42 Å². The number of ether oxygens (including phenoxy) is 1. The summed E-state index contributed by atoms with van der Waals surface area (Å²) in [6.07, 6.45) is 4.09. The molecule has 27 heavy (non-hydrogen) atoms. The Balaban J connectivity index is 1.60. The van der Waals surface area contributed by atoms with Crippen molar-refractivity contribution in [1.82, 2.24) is 4.98 Å². The maximum absolute atomic E-state index is 12.5. The van der Waals surface area contributed by atoms with E-state index in [9.17, 15) is 4.79 Å². The zero-order valence-electron chi connectivity index (χ0n) is 15.5. The first-order valence-electron chi connectivity index (χ1n) is 8.84. The molecule has 1 heterocycles. The summed E-state index contributed by atoms with van der Waals surface area (Å²) in [6, 6.07) is 17.5. The number of amides is 1. The fourth-order valence-electron chi connectivity index (χ4n) is 2.84. The molecule has 138 valence electrons. The number of pyridine rings is 1. The number of hydrogen-bond acceptors (Lipinski definition) is 4. The number of nitrogens with one attached hydrogen (secondary N) is 2. The Kier molecular flexibility index (Phi) is 6.05. The monoisotopic (exact) mass is 361 g/mol. The summed E-state index contributed by atoms with van der Waals surface area (Å²) in [5.41, 5.74) is 4.32. The summed E-state index contributed by atoms with van der Waals surface area (Å²) in [7, 11) is 1.67. The van der Waals surface area contributed by atoms with E-state index in [-0.39, 0.29) is 5.91 Å². The number of carbonyl (C=O) groups excluding carboxylic acids is 1. The van der Waals surface area contributed by atoms with Gasteiger partial charge in [-0.3, -0.25) is 9.78 Å². The topological polar surface area (TPSA) is 63.2 Å². The van der Waals surface area contributed by atoms with E-state index in [4.69, 9.17) is 4.74 Å². The van der Waals surface area contributed by atoms with Crippen molar-refractivity contribution in [3.05, 3.63) is 83.7 Å². The molecule has 1 amide bonds. The van der Waals surface area contributed by atoms with Crippen LogP contribution in [0.15, 0.2) is 67.0 Å². The molecule has 0 bridgehead atoms. The Morgan fingerprint density at radius 2 is 1.89 bits per heavy atom. The van der Waals surface area contributed by atoms with Crippen molar-refractivity contribution in [3.63, 3.8) is 0 Å². The zero-order valence-corrected chi connectivity index (χ0v) is 15.5. The van der Waals surface area contributed by atoms with Gasteiger partial charge in [0.15, 0.2) is 0 Å². The van der Waals surface area contributed by atoms with Gasteiger partial charge in [0.1, 0.15) is 5.75 Å². The summed E-state index contributed by atoms with van der Waals surface area (Å²) in [4.78, 5) is 16.6. The molecule has 0 unspecified atom stereocenters. The number of benzene rings is 2. The smallest absolute Gasteiger partial charge is 0.257 e. The third-order valence-corrected chi connectivity index (χ3v) is 4.19. The number of para-hydroxylation sites is 1. The first-order valence-corrected chi connectivity index (χ1v) is 8.84. The number of aryl methyl sites for hydroxylation is 1. The summed E-state index contributed by atoms with van der Waals surface area (Å²) in [5, 5.41) is 6.21. The van der Waals surface area contributed by atoms with Gasteiger partial charge in [-0.1, -0.05) is 30.3 Å². The van der Waals surface area contributed by atoms with E-state index in [0.717, 1.165) is 34.7 Å². The molecule has 0 fully saturated rings. The van der Waals surface area contributed by atoms with Crippen molar-refractivity contribution in [2.45, 2.75) is 13.3 Å². The summed E-state index contributed by atoms with van der Waals surface area (Å²) in [5.74, 6) is 0.699. The predicted molar refractivity (Wildman–Crippen MR) is 109 cm³/mol. The Morgan fingerprint density at radius 3 is 2.70 bits per heavy atom. The number of nitrogens with zero attached hydrogens (tertiary/aromatic N) is 1. The van der Waals surface area contributed by atoms with E-state index < -0.39 is 0 Å². The van der Waals surface area contributed by atoms with Crippen LogP contribution < -0.4 is 15.4 Å². The molecular weight excluding hydrogens is 338 g/mol. The minimum Gasteiger partial charge on any atom is -0.496 e. The Labute approximate surface area is 159 Å². The molecule has 5 heteroatoms. The third kappa shape index (κ3) is 5.07. The van der Waals surface area contributed by atoms with Gasteiger partial charge in [-0.15, -0.1) is 0 Å². The minimum absolute atomic E-state index is 0.179. The van der Waals surface area contributed by atoms with E-state index in [1.165, 1.54) is 0 Å². The first-order chi connectivity index (χ1) is 13.2. The molecule has 0 aliphatic carbocycles. The number of methoxy groups -OCH3 is 1. The lowest BCUT2D eigenvalue weighted by atomic mass is 10.1. The molecule has 0 saturated carbocycles. The number of hydrogen-bond donors (Lipinski definition) is 2. The van der Waals surface area contributed by atoms with Crippen LogP contribution in [0.2, 0.25) is 0 Å². The molecule has 0 aliphatic rings. The number of rotatable bonds is 7. The molecule has 3 aromatic rings. The van der Waals surface area contributed by atoms with E-state index in [2.05, 4.69) is 15.6 Å². The molecule has 0 aliphatic heterocycles. The quantitative estimate of drug-likeness (QED) is 0.658. The van der Waals surface area contributed by atoms with E-state index >= 15 is 0 Å². The molecule has 0 spiro atoms. The van der Waals surface area contributed by atoms with Gasteiger partial charge in [0.05, 0.1) is 18.4 Å². The van der Waals surface area contributed by atoms with Crippen LogP contribution in [0.5, 0.6) is 5.75 Å². The van der Waals surface area contributed by atoms with Gasteiger partial charge in [-0.05, 0) is 48.7 Å². The Hall–Kier alpha value is -3.34. The summed E-state index contributed by atoms with van der Waals surface area (Å²) >= 11 is 0. The highest BCUT2D eigenvalue weighted by molar-refractivity contribution is 6.04. The highest BCUT2D eigenvalue weighted by Crippen LogP contribution is 2.18. The van der Waals surface area contributed by atoms with Gasteiger partial charge in [0.25, 0.3) is 5.91 Å². The first kappa shape index (κ1) is 18.5. The maximum Gasteiger partial charge on any atom is 0.257 e. The standard InChI is InChI=1S/C22H23N3O2/c1-16-6-5-8-19(12-16)25-22(26)18-13-20(15-23-14-18)24-11-10-17-7-3-4-9-21(17)27-2/h3-9,12-15,24H,10-11H2,1-2H3,(H,25,26). The van der Waals surface area contributed by atoms with Crippen molar-refractivity contribution >= 4 is 17.3 Å². The van der Waals surface area contributed by atoms with Gasteiger partial charge >= 0.3 is 0 Å². The lowest BCUT2D eigenvalue weighted by Gasteiger charge is -2.11. The van der Waals surface area contributed by atoms with Crippen LogP contribution in [-0.4, -0.2) is 24.5 Å². The summed E-state index contributed by atoms with van der Waals surface area (Å²) < 4.78 is 5.37. The van der Waals surface area contributed by atoms with E-state index in [1.54, 1.807) is 25.6 Å². The van der Waals surface area contributed by atoms with Gasteiger partial charge in [0, 0.05) is 24.6 Å². The van der Waals surface area contributed by atoms with E-state index in [1.807, 2.05) is 55.5 Å². The average molecular weight is 361 g/mol. The fourth-order valence-corrected chi connectivity index (χ4v) is 2.84. The Bertz CT molecular complexity index is 925. The van der Waals surface area contributed by atoms with Crippen LogP contribution in [0.3, 0.4) is 0 Å². The van der Waals surface area contributed by atoms with Crippen molar-refractivity contribution in [3.8, 4) is 5.75 Å². The molecule has 1 aromatic heterocycles. The highest BCUT2D eigenvalue weighted by Gasteiger charge is 2.08. The van der Waals surface area contributed by atoms with Crippen LogP contribution in [0.25, 0.3) is 0 Å². The Morgan fingerprint density at radius 1 is 1.04 bits per heavy atom. The van der Waals surface area contributed by atoms with Crippen molar-refractivity contribution in [2.24, 2.45) is 0 Å².